The molecule has 0 bridgehead atoms. The molecule has 1 fully saturated rings. The van der Waals surface area contributed by atoms with Gasteiger partial charge in [0.1, 0.15) is 5.60 Å². The highest BCUT2D eigenvalue weighted by Crippen LogP contribution is 2.41. The van der Waals surface area contributed by atoms with E-state index in [2.05, 4.69) is 5.32 Å². The maximum Gasteiger partial charge on any atom is 0.407 e. The minimum atomic E-state index is -3.43. The Kier molecular flexibility index (Phi) is 5.79. The predicted octanol–water partition coefficient (Wildman–Crippen LogP) is 3.10. The molecular weight excluding hydrogens is 340 g/mol. The number of hydrogen-bond acceptors (Lipinski definition) is 4. The van der Waals surface area contributed by atoms with Gasteiger partial charge in [-0.2, -0.15) is 4.31 Å². The molecule has 1 saturated carbocycles. The summed E-state index contributed by atoms with van der Waals surface area (Å²) in [6.07, 6.45) is 0.419. The highest BCUT2D eigenvalue weighted by atomic mass is 32.2. The second-order valence-electron chi connectivity index (χ2n) is 7.25. The van der Waals surface area contributed by atoms with E-state index in [4.69, 9.17) is 4.74 Å². The molecule has 1 N–H and O–H groups in total. The van der Waals surface area contributed by atoms with E-state index in [0.717, 1.165) is 12.0 Å². The molecule has 140 valence electrons. The van der Waals surface area contributed by atoms with Crippen molar-refractivity contribution in [2.45, 2.75) is 63.5 Å². The van der Waals surface area contributed by atoms with Crippen molar-refractivity contribution in [1.29, 1.82) is 0 Å². The maximum absolute atomic E-state index is 12.5. The number of benzene rings is 1. The van der Waals surface area contributed by atoms with Gasteiger partial charge in [0.2, 0.25) is 10.0 Å². The molecule has 2 atom stereocenters. The summed E-state index contributed by atoms with van der Waals surface area (Å²) in [6.45, 7) is 10.0. The van der Waals surface area contributed by atoms with Crippen molar-refractivity contribution in [3.8, 4) is 0 Å². The number of alkyl carbamates (subject to hydrolysis) is 1. The fraction of sp³-hybridized carbons (Fsp3) is 0.611. The van der Waals surface area contributed by atoms with Crippen LogP contribution in [0.2, 0.25) is 0 Å². The molecule has 1 aromatic rings. The van der Waals surface area contributed by atoms with Crippen molar-refractivity contribution in [2.24, 2.45) is 0 Å². The van der Waals surface area contributed by atoms with Gasteiger partial charge in [-0.15, -0.1) is 0 Å². The average Bonchev–Trinajstić information content (AvgIpc) is 3.25. The van der Waals surface area contributed by atoms with E-state index in [0.29, 0.717) is 18.0 Å². The molecule has 0 aliphatic heterocycles. The lowest BCUT2D eigenvalue weighted by atomic mass is 10.1. The van der Waals surface area contributed by atoms with Gasteiger partial charge < -0.3 is 10.1 Å². The highest BCUT2D eigenvalue weighted by molar-refractivity contribution is 7.89. The Morgan fingerprint density at radius 1 is 1.20 bits per heavy atom. The number of nitrogens with zero attached hydrogens (tertiary/aromatic N) is 1. The van der Waals surface area contributed by atoms with Gasteiger partial charge >= 0.3 is 6.09 Å². The largest absolute Gasteiger partial charge is 0.444 e. The van der Waals surface area contributed by atoms with Gasteiger partial charge in [-0.1, -0.05) is 26.0 Å². The van der Waals surface area contributed by atoms with Crippen molar-refractivity contribution >= 4 is 16.1 Å². The topological polar surface area (TPSA) is 75.7 Å². The molecule has 7 heteroatoms. The maximum atomic E-state index is 12.5. The van der Waals surface area contributed by atoms with E-state index in [9.17, 15) is 13.2 Å². The van der Waals surface area contributed by atoms with Crippen LogP contribution in [-0.2, 0) is 14.8 Å². The zero-order chi connectivity index (χ0) is 18.8. The average molecular weight is 368 g/mol. The zero-order valence-corrected chi connectivity index (χ0v) is 16.4. The molecule has 0 heterocycles. The van der Waals surface area contributed by atoms with Crippen LogP contribution in [0.4, 0.5) is 4.79 Å². The van der Waals surface area contributed by atoms with Gasteiger partial charge in [0.15, 0.2) is 0 Å². The smallest absolute Gasteiger partial charge is 0.407 e. The highest BCUT2D eigenvalue weighted by Gasteiger charge is 2.40. The number of carbonyl (C=O) groups is 1. The first-order valence-electron chi connectivity index (χ1n) is 8.68. The van der Waals surface area contributed by atoms with Crippen LogP contribution in [0.1, 0.15) is 52.5 Å². The van der Waals surface area contributed by atoms with Crippen LogP contribution >= 0.6 is 0 Å². The number of ether oxygens (including phenoxy) is 1. The van der Waals surface area contributed by atoms with Crippen molar-refractivity contribution in [2.75, 3.05) is 13.1 Å². The van der Waals surface area contributed by atoms with E-state index < -0.39 is 21.7 Å². The number of amides is 1. The standard InChI is InChI=1S/C18H28N2O4S/c1-6-20(7-2)25(22,23)14-10-8-13(9-11-14)15-12-16(15)19-17(21)24-18(3,4)5/h8-11,15-16H,6-7,12H2,1-5H3,(H,19,21)/t15-,16+/m1/s1. The first kappa shape index (κ1) is 19.7. The minimum Gasteiger partial charge on any atom is -0.444 e. The lowest BCUT2D eigenvalue weighted by Gasteiger charge is -2.19. The molecule has 1 aliphatic carbocycles. The minimum absolute atomic E-state index is 0.0417. The number of carbonyl (C=O) groups excluding carboxylic acids is 1. The molecule has 1 amide bonds. The Bertz CT molecular complexity index is 704. The molecule has 2 rings (SSSR count). The summed E-state index contributed by atoms with van der Waals surface area (Å²) in [7, 11) is -3.43. The lowest BCUT2D eigenvalue weighted by Crippen LogP contribution is -2.34. The molecule has 1 aromatic carbocycles. The third-order valence-electron chi connectivity index (χ3n) is 4.14. The van der Waals surface area contributed by atoms with Gasteiger partial charge in [-0.05, 0) is 44.9 Å². The van der Waals surface area contributed by atoms with Gasteiger partial charge in [0, 0.05) is 25.0 Å². The molecule has 6 nitrogen and oxygen atoms in total. The van der Waals surface area contributed by atoms with Crippen LogP contribution in [0.3, 0.4) is 0 Å². The van der Waals surface area contributed by atoms with Crippen LogP contribution in [0, 0.1) is 0 Å². The summed E-state index contributed by atoms with van der Waals surface area (Å²) in [5, 5.41) is 2.85. The molecule has 1 aliphatic rings. The van der Waals surface area contributed by atoms with Crippen LogP contribution < -0.4 is 5.32 Å². The summed E-state index contributed by atoms with van der Waals surface area (Å²) in [4.78, 5) is 12.1. The van der Waals surface area contributed by atoms with E-state index in [1.807, 2.05) is 46.8 Å². The Balaban J connectivity index is 1.99. The van der Waals surface area contributed by atoms with Gasteiger partial charge in [0.25, 0.3) is 0 Å². The fourth-order valence-corrected chi connectivity index (χ4v) is 4.24. The third kappa shape index (κ3) is 4.95. The van der Waals surface area contributed by atoms with Crippen LogP contribution in [0.5, 0.6) is 0 Å². The Hall–Kier alpha value is -1.60. The zero-order valence-electron chi connectivity index (χ0n) is 15.6. The van der Waals surface area contributed by atoms with Crippen LogP contribution in [0.25, 0.3) is 0 Å². The summed E-state index contributed by atoms with van der Waals surface area (Å²) < 4.78 is 31.7. The second-order valence-corrected chi connectivity index (χ2v) is 9.19. The molecule has 0 unspecified atom stereocenters. The van der Waals surface area contributed by atoms with Crippen molar-refractivity contribution in [3.05, 3.63) is 29.8 Å². The molecule has 0 saturated heterocycles. The predicted molar refractivity (Wildman–Crippen MR) is 97.1 cm³/mol. The normalized spacial score (nSPS) is 20.4. The Labute approximate surface area is 150 Å². The monoisotopic (exact) mass is 368 g/mol. The molecule has 0 radical (unpaired) electrons. The fourth-order valence-electron chi connectivity index (χ4n) is 2.78. The first-order valence-corrected chi connectivity index (χ1v) is 10.1. The van der Waals surface area contributed by atoms with Crippen molar-refractivity contribution in [1.82, 2.24) is 9.62 Å². The van der Waals surface area contributed by atoms with E-state index in [1.54, 1.807) is 12.1 Å². The van der Waals surface area contributed by atoms with Crippen molar-refractivity contribution < 1.29 is 17.9 Å². The molecule has 0 spiro atoms. The molecular formula is C18H28N2O4S. The Morgan fingerprint density at radius 3 is 2.24 bits per heavy atom. The van der Waals surface area contributed by atoms with Crippen molar-refractivity contribution in [3.63, 3.8) is 0 Å². The SMILES string of the molecule is CCN(CC)S(=O)(=O)c1ccc([C@H]2C[C@@H]2NC(=O)OC(C)(C)C)cc1. The quantitative estimate of drug-likeness (QED) is 0.837. The number of sulfonamides is 1. The van der Waals surface area contributed by atoms with E-state index in [1.165, 1.54) is 4.31 Å². The van der Waals surface area contributed by atoms with Crippen LogP contribution in [0.15, 0.2) is 29.2 Å². The molecule has 25 heavy (non-hydrogen) atoms. The van der Waals surface area contributed by atoms with Gasteiger partial charge in [-0.3, -0.25) is 0 Å². The van der Waals surface area contributed by atoms with E-state index in [-0.39, 0.29) is 12.0 Å². The number of nitrogens with one attached hydrogen (secondary N) is 1. The lowest BCUT2D eigenvalue weighted by molar-refractivity contribution is 0.0523. The summed E-state index contributed by atoms with van der Waals surface area (Å²) >= 11 is 0. The first-order chi connectivity index (χ1) is 11.6. The number of rotatable bonds is 6. The third-order valence-corrected chi connectivity index (χ3v) is 6.21. The summed E-state index contributed by atoms with van der Waals surface area (Å²) in [6, 6.07) is 6.99. The number of hydrogen-bond donors (Lipinski definition) is 1. The van der Waals surface area contributed by atoms with Gasteiger partial charge in [0.05, 0.1) is 4.90 Å². The van der Waals surface area contributed by atoms with Crippen LogP contribution in [-0.4, -0.2) is 43.5 Å². The summed E-state index contributed by atoms with van der Waals surface area (Å²) in [5.41, 5.74) is 0.508. The second kappa shape index (κ2) is 7.33. The summed E-state index contributed by atoms with van der Waals surface area (Å²) in [5.74, 6) is 0.206. The Morgan fingerprint density at radius 2 is 1.76 bits per heavy atom. The van der Waals surface area contributed by atoms with Gasteiger partial charge in [-0.25, -0.2) is 13.2 Å². The van der Waals surface area contributed by atoms with E-state index >= 15 is 0 Å². The molecule has 0 aromatic heterocycles.